The molecule has 4 heterocycles. The van der Waals surface area contributed by atoms with E-state index in [2.05, 4.69) is 51.4 Å². The number of rotatable bonds is 23. The van der Waals surface area contributed by atoms with Crippen LogP contribution in [0.5, 0.6) is 0 Å². The summed E-state index contributed by atoms with van der Waals surface area (Å²) in [7, 11) is -11.1. The highest BCUT2D eigenvalue weighted by molar-refractivity contribution is 7.99. The summed E-state index contributed by atoms with van der Waals surface area (Å²) in [6.07, 6.45) is 9.69. The van der Waals surface area contributed by atoms with Crippen molar-refractivity contribution in [2.75, 3.05) is 93.3 Å². The zero-order valence-corrected chi connectivity index (χ0v) is 53.4. The lowest BCUT2D eigenvalue weighted by Gasteiger charge is -2.73. The number of benzene rings is 4. The predicted octanol–water partition coefficient (Wildman–Crippen LogP) is 8.71. The number of carbonyl (C=O) groups excluding carboxylic acids is 6. The van der Waals surface area contributed by atoms with Crippen LogP contribution in [0, 0.1) is 16.2 Å². The predicted molar refractivity (Wildman–Crippen MR) is 336 cm³/mol. The maximum Gasteiger partial charge on any atom is 0.501 e. The molecule has 2 atom stereocenters. The monoisotopic (exact) mass is 1300 g/mol. The van der Waals surface area contributed by atoms with Gasteiger partial charge in [-0.25, -0.2) is 21.6 Å². The molecule has 0 radical (unpaired) electrons. The molecule has 6 fully saturated rings. The molecule has 12 rings (SSSR count). The summed E-state index contributed by atoms with van der Waals surface area (Å²) in [5, 5.41) is 8.35. The number of anilines is 3. The quantitative estimate of drug-likeness (QED) is 0.0235. The molecule has 8 aliphatic rings. The molecule has 0 aromatic heterocycles. The number of halogens is 3. The number of thioether (sulfide) groups is 1. The van der Waals surface area contributed by atoms with Gasteiger partial charge in [0.25, 0.3) is 37.6 Å². The zero-order valence-electron chi connectivity index (χ0n) is 51.0. The average Bonchev–Trinajstić information content (AvgIpc) is 0.875. The van der Waals surface area contributed by atoms with Gasteiger partial charge in [0.1, 0.15) is 10.9 Å². The van der Waals surface area contributed by atoms with Gasteiger partial charge in [0.15, 0.2) is 0 Å². The van der Waals surface area contributed by atoms with Crippen LogP contribution in [0.1, 0.15) is 129 Å². The van der Waals surface area contributed by atoms with Crippen LogP contribution >= 0.6 is 11.8 Å². The third kappa shape index (κ3) is 13.6. The third-order valence-corrected chi connectivity index (χ3v) is 23.5. The topological polar surface area (TPSA) is 235 Å². The van der Waals surface area contributed by atoms with Gasteiger partial charge in [-0.15, -0.1) is 11.8 Å². The second kappa shape index (κ2) is 25.7. The molecule has 19 nitrogen and oxygen atoms in total. The second-order valence-electron chi connectivity index (χ2n) is 26.1. The molecule has 4 aliphatic carbocycles. The van der Waals surface area contributed by atoms with E-state index >= 15 is 0 Å². The lowest BCUT2D eigenvalue weighted by atomic mass is 9.31. The van der Waals surface area contributed by atoms with Gasteiger partial charge in [-0.2, -0.15) is 13.2 Å². The van der Waals surface area contributed by atoms with Crippen LogP contribution in [-0.2, 0) is 34.2 Å². The first-order valence-corrected chi connectivity index (χ1v) is 35.1. The number of allylic oxidation sites excluding steroid dienone is 1. The smallest absolute Gasteiger partial charge is 0.384 e. The van der Waals surface area contributed by atoms with Crippen molar-refractivity contribution in [3.05, 3.63) is 119 Å². The number of alkyl halides is 3. The Morgan fingerprint density at radius 2 is 1.50 bits per heavy atom. The average molecular weight is 1300 g/mol. The van der Waals surface area contributed by atoms with Crippen molar-refractivity contribution in [1.82, 2.24) is 29.6 Å². The molecule has 1 unspecified atom stereocenters. The van der Waals surface area contributed by atoms with E-state index in [1.54, 1.807) is 40.3 Å². The van der Waals surface area contributed by atoms with Gasteiger partial charge in [0.05, 0.1) is 21.7 Å². The second-order valence-corrected chi connectivity index (χ2v) is 30.8. The molecule has 6 amide bonds. The Balaban J connectivity index is 0.684. The van der Waals surface area contributed by atoms with Crippen molar-refractivity contribution >= 4 is 84.1 Å². The highest BCUT2D eigenvalue weighted by atomic mass is 32.2. The molecule has 90 heavy (non-hydrogen) atoms. The summed E-state index contributed by atoms with van der Waals surface area (Å²) >= 11 is 1.39. The number of piperazine rings is 2. The lowest BCUT2D eigenvalue weighted by molar-refractivity contribution is -0.182. The Bertz CT molecular complexity index is 3700. The van der Waals surface area contributed by atoms with E-state index in [0.717, 1.165) is 66.8 Å². The van der Waals surface area contributed by atoms with Crippen molar-refractivity contribution in [2.24, 2.45) is 16.2 Å². The van der Waals surface area contributed by atoms with Crippen LogP contribution in [0.4, 0.5) is 30.2 Å². The molecular weight excluding hydrogens is 1220 g/mol. The molecule has 4 aliphatic heterocycles. The fourth-order valence-electron chi connectivity index (χ4n) is 14.4. The molecule has 4 N–H and O–H groups in total. The molecule has 0 spiro atoms. The Hall–Kier alpha value is -6.80. The van der Waals surface area contributed by atoms with E-state index in [9.17, 15) is 58.8 Å². The van der Waals surface area contributed by atoms with Gasteiger partial charge in [-0.05, 0) is 141 Å². The molecule has 482 valence electrons. The number of piperidine rings is 1. The highest BCUT2D eigenvalue weighted by Gasteiger charge is 2.68. The van der Waals surface area contributed by atoms with Crippen molar-refractivity contribution in [1.29, 1.82) is 0 Å². The van der Waals surface area contributed by atoms with Crippen LogP contribution in [0.25, 0.3) is 0 Å². The number of carbonyl (C=O) groups is 6. The first-order chi connectivity index (χ1) is 42.8. The fourth-order valence-corrected chi connectivity index (χ4v) is 17.4. The van der Waals surface area contributed by atoms with Gasteiger partial charge < -0.3 is 20.4 Å². The number of amides is 6. The van der Waals surface area contributed by atoms with Crippen molar-refractivity contribution in [2.45, 2.75) is 130 Å². The van der Waals surface area contributed by atoms with Crippen LogP contribution < -0.4 is 25.6 Å². The molecular formula is C65H78F3N9O10S3. The number of fused-ring (bicyclic) bond motifs is 1. The van der Waals surface area contributed by atoms with Crippen molar-refractivity contribution in [3.8, 4) is 0 Å². The summed E-state index contributed by atoms with van der Waals surface area (Å²) in [5.74, 6) is -3.35. The van der Waals surface area contributed by atoms with Crippen LogP contribution in [-0.4, -0.2) is 167 Å². The maximum atomic E-state index is 14.5. The summed E-state index contributed by atoms with van der Waals surface area (Å²) in [6, 6.07) is 21.0. The number of hydrogen-bond acceptors (Lipinski definition) is 16. The first kappa shape index (κ1) is 64.7. The van der Waals surface area contributed by atoms with Gasteiger partial charge in [0.2, 0.25) is 17.7 Å². The number of sulfone groups is 1. The van der Waals surface area contributed by atoms with E-state index in [-0.39, 0.29) is 54.2 Å². The Morgan fingerprint density at radius 3 is 2.18 bits per heavy atom. The maximum absolute atomic E-state index is 14.5. The third-order valence-electron chi connectivity index (χ3n) is 19.5. The minimum Gasteiger partial charge on any atom is -0.384 e. The molecule has 4 aromatic carbocycles. The minimum absolute atomic E-state index is 0.00719. The van der Waals surface area contributed by atoms with Crippen molar-refractivity contribution in [3.63, 3.8) is 0 Å². The van der Waals surface area contributed by atoms with E-state index < -0.39 is 82.5 Å². The Labute approximate surface area is 528 Å². The number of sulfonamides is 1. The van der Waals surface area contributed by atoms with Crippen molar-refractivity contribution < 1.29 is 58.8 Å². The van der Waals surface area contributed by atoms with E-state index in [0.29, 0.717) is 73.6 Å². The number of imide groups is 2. The standard InChI is InChI=1S/C65H78F3N9O10S3/c1-4-63-40-64(41-63,42-63)50-37-62(2,3)25-23-44(50)38-74-30-32-75(33-31-74)46-17-15-43(16-18-46)58(80)72-90(86,87)48-19-20-51(54(36-48)89(84,85)65(66,67)68)70-45(39-88-47-10-6-5-7-11-47)24-27-73-28-34-76(35-29-73)56(79)14-9-26-69-52-13-8-12-49-57(52)61(83)77(60(49)82)53-21-22-55(78)71-59(53)81/h5-8,10-13,15-20,36,45,53,69-70H,4,9,14,21-35,37-42H2,1-3H3,(H,72,80)(H,71,78,81)/t45-,53?,63?,64?/m1/s1. The Kier molecular flexibility index (Phi) is 18.5. The van der Waals surface area contributed by atoms with Gasteiger partial charge >= 0.3 is 5.51 Å². The fraction of sp³-hybridized carbons (Fsp3) is 0.508. The molecule has 3 saturated carbocycles. The lowest BCUT2D eigenvalue weighted by Crippen LogP contribution is -2.63. The minimum atomic E-state index is -6.17. The molecule has 25 heteroatoms. The highest BCUT2D eigenvalue weighted by Crippen LogP contribution is 2.79. The Morgan fingerprint density at radius 1 is 0.800 bits per heavy atom. The van der Waals surface area contributed by atoms with Crippen LogP contribution in [0.2, 0.25) is 0 Å². The van der Waals surface area contributed by atoms with Gasteiger partial charge in [-0.3, -0.25) is 48.8 Å². The normalized spacial score (nSPS) is 23.4. The zero-order chi connectivity index (χ0) is 64.0. The first-order valence-electron chi connectivity index (χ1n) is 31.1. The molecule has 2 bridgehead atoms. The van der Waals surface area contributed by atoms with Gasteiger partial charge in [0, 0.05) is 118 Å². The number of nitrogens with one attached hydrogen (secondary N) is 4. The van der Waals surface area contributed by atoms with E-state index in [1.807, 2.05) is 35.1 Å². The largest absolute Gasteiger partial charge is 0.501 e. The molecule has 3 saturated heterocycles. The van der Waals surface area contributed by atoms with E-state index in [1.165, 1.54) is 68.5 Å². The summed E-state index contributed by atoms with van der Waals surface area (Å²) in [4.78, 5) is 86.2. The number of nitrogens with zero attached hydrogens (tertiary/aromatic N) is 5. The van der Waals surface area contributed by atoms with Crippen LogP contribution in [0.3, 0.4) is 0 Å². The van der Waals surface area contributed by atoms with Gasteiger partial charge in [-0.1, -0.05) is 62.6 Å². The number of hydrogen-bond donors (Lipinski definition) is 4. The molecule has 4 aromatic rings. The summed E-state index contributed by atoms with van der Waals surface area (Å²) < 4.78 is 99.9. The van der Waals surface area contributed by atoms with E-state index in [4.69, 9.17) is 0 Å². The summed E-state index contributed by atoms with van der Waals surface area (Å²) in [6.45, 7) is 13.7. The summed E-state index contributed by atoms with van der Waals surface area (Å²) in [5.41, 5.74) is -0.138. The SMILES string of the molecule is CCC12CC(C3=C(CN4CCN(c5ccc(C(=O)NS(=O)(=O)c6ccc(N[C@H](CCN7CCN(C(=O)CCCNc8cccc9c8C(=O)N(C8CCC(=O)NC8=O)C9=O)CC7)CSc7ccccc7)c(S(=O)(=O)C(F)(F)F)c6)cc5)CC4)CCC(C)(C)C3)(C1)C2. The van der Waals surface area contributed by atoms with Crippen LogP contribution in [0.15, 0.2) is 117 Å².